The zero-order chi connectivity index (χ0) is 20.5. The molecule has 0 bridgehead atoms. The maximum absolute atomic E-state index is 13.5. The Bertz CT molecular complexity index is 1260. The van der Waals surface area contributed by atoms with E-state index in [2.05, 4.69) is 4.98 Å². The molecule has 0 aliphatic rings. The Balaban J connectivity index is 2.09. The molecule has 5 nitrogen and oxygen atoms in total. The minimum atomic E-state index is -0.423. The standard InChI is InChI=1S/C24H21N3O2/c1-16-14-19(26(2)3)15-20-21(16)25-22(23(28)17-10-6-4-7-11-17)24(29)27(20)18-12-8-5-9-13-18/h4-15H,1-3H3. The first-order valence-electron chi connectivity index (χ1n) is 9.37. The Morgan fingerprint density at radius 3 is 2.17 bits per heavy atom. The number of fused-ring (bicyclic) bond motifs is 1. The smallest absolute Gasteiger partial charge is 0.285 e. The van der Waals surface area contributed by atoms with Gasteiger partial charge in [-0.25, -0.2) is 4.98 Å². The molecule has 1 aromatic heterocycles. The molecule has 0 spiro atoms. The van der Waals surface area contributed by atoms with Crippen LogP contribution in [0.5, 0.6) is 0 Å². The van der Waals surface area contributed by atoms with Gasteiger partial charge in [-0.3, -0.25) is 14.2 Å². The van der Waals surface area contributed by atoms with Gasteiger partial charge in [-0.1, -0.05) is 48.5 Å². The van der Waals surface area contributed by atoms with Gasteiger partial charge < -0.3 is 4.90 Å². The third-order valence-electron chi connectivity index (χ3n) is 4.92. The Kier molecular flexibility index (Phi) is 4.72. The van der Waals surface area contributed by atoms with Crippen molar-refractivity contribution in [3.63, 3.8) is 0 Å². The van der Waals surface area contributed by atoms with E-state index in [1.807, 2.05) is 74.4 Å². The zero-order valence-electron chi connectivity index (χ0n) is 16.6. The molecule has 0 atom stereocenters. The van der Waals surface area contributed by atoms with Crippen LogP contribution in [0.3, 0.4) is 0 Å². The lowest BCUT2D eigenvalue weighted by Gasteiger charge is -2.18. The predicted molar refractivity (Wildman–Crippen MR) is 116 cm³/mol. The summed E-state index contributed by atoms with van der Waals surface area (Å²) in [4.78, 5) is 33.1. The van der Waals surface area contributed by atoms with Crippen LogP contribution in [0.2, 0.25) is 0 Å². The van der Waals surface area contributed by atoms with Crippen LogP contribution in [-0.2, 0) is 0 Å². The molecule has 4 aromatic rings. The van der Waals surface area contributed by atoms with Crippen molar-refractivity contribution in [3.8, 4) is 5.69 Å². The average molecular weight is 383 g/mol. The first-order valence-corrected chi connectivity index (χ1v) is 9.37. The van der Waals surface area contributed by atoms with Gasteiger partial charge in [0.25, 0.3) is 5.56 Å². The van der Waals surface area contributed by atoms with Crippen molar-refractivity contribution >= 4 is 22.5 Å². The first kappa shape index (κ1) is 18.6. The molecule has 0 aliphatic carbocycles. The second kappa shape index (κ2) is 7.36. The number of anilines is 1. The molecular formula is C24H21N3O2. The van der Waals surface area contributed by atoms with E-state index in [4.69, 9.17) is 0 Å². The Morgan fingerprint density at radius 1 is 0.931 bits per heavy atom. The van der Waals surface area contributed by atoms with Crippen LogP contribution in [0.15, 0.2) is 77.6 Å². The maximum Gasteiger partial charge on any atom is 0.285 e. The first-order chi connectivity index (χ1) is 14.0. The maximum atomic E-state index is 13.5. The van der Waals surface area contributed by atoms with Crippen LogP contribution >= 0.6 is 0 Å². The van der Waals surface area contributed by atoms with Crippen molar-refractivity contribution in [2.24, 2.45) is 0 Å². The van der Waals surface area contributed by atoms with Crippen LogP contribution in [-0.4, -0.2) is 29.4 Å². The van der Waals surface area contributed by atoms with E-state index < -0.39 is 5.56 Å². The SMILES string of the molecule is Cc1cc(N(C)C)cc2c1nc(C(=O)c1ccccc1)c(=O)n2-c1ccccc1. The van der Waals surface area contributed by atoms with Crippen molar-refractivity contribution in [2.75, 3.05) is 19.0 Å². The quantitative estimate of drug-likeness (QED) is 0.500. The number of aromatic nitrogens is 2. The monoisotopic (exact) mass is 383 g/mol. The van der Waals surface area contributed by atoms with Gasteiger partial charge in [0.2, 0.25) is 5.78 Å². The normalized spacial score (nSPS) is 10.9. The van der Waals surface area contributed by atoms with Crippen LogP contribution in [0.1, 0.15) is 21.6 Å². The lowest BCUT2D eigenvalue weighted by molar-refractivity contribution is 0.103. The molecule has 5 heteroatoms. The van der Waals surface area contributed by atoms with E-state index in [0.717, 1.165) is 11.3 Å². The second-order valence-corrected chi connectivity index (χ2v) is 7.16. The summed E-state index contributed by atoms with van der Waals surface area (Å²) in [6.45, 7) is 1.94. The number of rotatable bonds is 4. The molecule has 0 N–H and O–H groups in total. The number of para-hydroxylation sites is 1. The summed E-state index contributed by atoms with van der Waals surface area (Å²) in [7, 11) is 3.90. The fourth-order valence-electron chi connectivity index (χ4n) is 3.40. The third-order valence-corrected chi connectivity index (χ3v) is 4.92. The van der Waals surface area contributed by atoms with Crippen molar-refractivity contribution in [1.29, 1.82) is 0 Å². The summed E-state index contributed by atoms with van der Waals surface area (Å²) in [6.07, 6.45) is 0. The molecule has 0 aliphatic heterocycles. The van der Waals surface area contributed by atoms with Crippen molar-refractivity contribution in [1.82, 2.24) is 9.55 Å². The molecule has 1 heterocycles. The topological polar surface area (TPSA) is 55.2 Å². The Morgan fingerprint density at radius 2 is 1.55 bits per heavy atom. The molecule has 0 fully saturated rings. The predicted octanol–water partition coefficient (Wildman–Crippen LogP) is 3.99. The summed E-state index contributed by atoms with van der Waals surface area (Å²) >= 11 is 0. The highest BCUT2D eigenvalue weighted by molar-refractivity contribution is 6.08. The summed E-state index contributed by atoms with van der Waals surface area (Å²) < 4.78 is 1.58. The van der Waals surface area contributed by atoms with E-state index in [1.165, 1.54) is 0 Å². The zero-order valence-corrected chi connectivity index (χ0v) is 16.6. The summed E-state index contributed by atoms with van der Waals surface area (Å²) in [5.74, 6) is -0.377. The number of ketones is 1. The molecule has 3 aromatic carbocycles. The molecule has 4 rings (SSSR count). The number of hydrogen-bond donors (Lipinski definition) is 0. The van der Waals surface area contributed by atoms with Crippen LogP contribution < -0.4 is 10.5 Å². The van der Waals surface area contributed by atoms with Gasteiger partial charge in [0, 0.05) is 31.0 Å². The van der Waals surface area contributed by atoms with Crippen molar-refractivity contribution < 1.29 is 4.79 Å². The van der Waals surface area contributed by atoms with Gasteiger partial charge in [-0.05, 0) is 36.8 Å². The van der Waals surface area contributed by atoms with E-state index in [1.54, 1.807) is 28.8 Å². The van der Waals surface area contributed by atoms with Crippen molar-refractivity contribution in [3.05, 3.63) is 100.0 Å². The van der Waals surface area contributed by atoms with E-state index >= 15 is 0 Å². The van der Waals surface area contributed by atoms with Crippen LogP contribution in [0, 0.1) is 6.92 Å². The van der Waals surface area contributed by atoms with Gasteiger partial charge >= 0.3 is 0 Å². The molecule has 0 radical (unpaired) electrons. The molecular weight excluding hydrogens is 362 g/mol. The number of carbonyl (C=O) groups excluding carboxylic acids is 1. The van der Waals surface area contributed by atoms with Crippen LogP contribution in [0.25, 0.3) is 16.7 Å². The number of hydrogen-bond acceptors (Lipinski definition) is 4. The van der Waals surface area contributed by atoms with Gasteiger partial charge in [0.05, 0.1) is 11.0 Å². The van der Waals surface area contributed by atoms with Gasteiger partial charge in [0.15, 0.2) is 5.69 Å². The largest absolute Gasteiger partial charge is 0.378 e. The van der Waals surface area contributed by atoms with Gasteiger partial charge in [-0.15, -0.1) is 0 Å². The number of carbonyl (C=O) groups is 1. The van der Waals surface area contributed by atoms with E-state index in [0.29, 0.717) is 22.3 Å². The fraction of sp³-hybridized carbons (Fsp3) is 0.125. The molecule has 0 amide bonds. The fourth-order valence-corrected chi connectivity index (χ4v) is 3.40. The number of benzene rings is 3. The summed E-state index contributed by atoms with van der Waals surface area (Å²) in [6, 6.07) is 22.1. The second-order valence-electron chi connectivity index (χ2n) is 7.16. The minimum Gasteiger partial charge on any atom is -0.378 e. The highest BCUT2D eigenvalue weighted by Crippen LogP contribution is 2.25. The number of nitrogens with zero attached hydrogens (tertiary/aromatic N) is 3. The molecule has 0 unspecified atom stereocenters. The van der Waals surface area contributed by atoms with Crippen molar-refractivity contribution in [2.45, 2.75) is 6.92 Å². The highest BCUT2D eigenvalue weighted by atomic mass is 16.1. The molecule has 0 saturated heterocycles. The lowest BCUT2D eigenvalue weighted by Crippen LogP contribution is -2.28. The lowest BCUT2D eigenvalue weighted by atomic mass is 10.1. The van der Waals surface area contributed by atoms with Gasteiger partial charge in [0.1, 0.15) is 0 Å². The van der Waals surface area contributed by atoms with Crippen LogP contribution in [0.4, 0.5) is 5.69 Å². The van der Waals surface area contributed by atoms with Gasteiger partial charge in [-0.2, -0.15) is 0 Å². The highest BCUT2D eigenvalue weighted by Gasteiger charge is 2.21. The molecule has 144 valence electrons. The summed E-state index contributed by atoms with van der Waals surface area (Å²) in [5, 5.41) is 0. The van der Waals surface area contributed by atoms with E-state index in [9.17, 15) is 9.59 Å². The number of aryl methyl sites for hydroxylation is 1. The third kappa shape index (κ3) is 3.31. The molecule has 0 saturated carbocycles. The molecule has 29 heavy (non-hydrogen) atoms. The van der Waals surface area contributed by atoms with E-state index in [-0.39, 0.29) is 11.5 Å². The average Bonchev–Trinajstić information content (AvgIpc) is 2.74. The summed E-state index contributed by atoms with van der Waals surface area (Å²) in [5.41, 5.74) is 3.82. The minimum absolute atomic E-state index is 0.0757. The Hall–Kier alpha value is -3.73. The Labute approximate surface area is 168 Å².